The smallest absolute Gasteiger partial charge is 0.320 e. The van der Waals surface area contributed by atoms with Gasteiger partial charge in [-0.1, -0.05) is 0 Å². The lowest BCUT2D eigenvalue weighted by Gasteiger charge is -2.22. The highest BCUT2D eigenvalue weighted by molar-refractivity contribution is 7.15. The van der Waals surface area contributed by atoms with Gasteiger partial charge in [0.25, 0.3) is 0 Å². The number of fused-ring (bicyclic) bond motifs is 1. The number of aromatic nitrogens is 3. The monoisotopic (exact) mass is 397 g/mol. The van der Waals surface area contributed by atoms with E-state index in [1.807, 2.05) is 44.3 Å². The molecule has 4 rings (SSSR count). The lowest BCUT2D eigenvalue weighted by Crippen LogP contribution is -2.34. The number of nitrogens with zero attached hydrogens (tertiary/aromatic N) is 3. The fraction of sp³-hybridized carbons (Fsp3) is 0.350. The van der Waals surface area contributed by atoms with Gasteiger partial charge in [-0.2, -0.15) is 5.10 Å². The highest BCUT2D eigenvalue weighted by Crippen LogP contribution is 2.38. The average Bonchev–Trinajstić information content (AvgIpc) is 3.25. The minimum absolute atomic E-state index is 0.0254. The van der Waals surface area contributed by atoms with Crippen molar-refractivity contribution in [3.8, 4) is 16.3 Å². The lowest BCUT2D eigenvalue weighted by atomic mass is 9.98. The summed E-state index contributed by atoms with van der Waals surface area (Å²) in [6.07, 6.45) is 2.87. The molecule has 3 aromatic rings. The van der Waals surface area contributed by atoms with E-state index in [0.717, 1.165) is 51.8 Å². The maximum absolute atomic E-state index is 12.5. The van der Waals surface area contributed by atoms with E-state index in [1.165, 1.54) is 0 Å². The van der Waals surface area contributed by atoms with Crippen LogP contribution in [0.2, 0.25) is 0 Å². The second kappa shape index (κ2) is 7.63. The summed E-state index contributed by atoms with van der Waals surface area (Å²) in [6.45, 7) is 1.90. The Labute approximate surface area is 167 Å². The predicted molar refractivity (Wildman–Crippen MR) is 110 cm³/mol. The molecule has 1 atom stereocenters. The van der Waals surface area contributed by atoms with Crippen LogP contribution in [0.1, 0.15) is 35.1 Å². The first kappa shape index (κ1) is 18.5. The minimum atomic E-state index is -0.222. The summed E-state index contributed by atoms with van der Waals surface area (Å²) < 4.78 is 6.89. The van der Waals surface area contributed by atoms with Crippen LogP contribution < -0.4 is 15.4 Å². The Balaban J connectivity index is 1.51. The number of hydrogen-bond donors (Lipinski definition) is 2. The molecular weight excluding hydrogens is 374 g/mol. The van der Waals surface area contributed by atoms with Gasteiger partial charge in [0.2, 0.25) is 0 Å². The number of carbonyl (C=O) groups excluding carboxylic acids is 1. The first-order valence-corrected chi connectivity index (χ1v) is 10.1. The number of nitrogens with one attached hydrogen (secondary N) is 2. The summed E-state index contributed by atoms with van der Waals surface area (Å²) in [5, 5.41) is 11.2. The largest absolute Gasteiger partial charge is 0.497 e. The van der Waals surface area contributed by atoms with E-state index in [9.17, 15) is 4.79 Å². The zero-order valence-corrected chi connectivity index (χ0v) is 17.0. The molecule has 0 radical (unpaired) electrons. The van der Waals surface area contributed by atoms with Gasteiger partial charge < -0.3 is 10.1 Å². The fourth-order valence-electron chi connectivity index (χ4n) is 3.45. The number of thiazole rings is 1. The van der Waals surface area contributed by atoms with Crippen molar-refractivity contribution >= 4 is 23.2 Å². The van der Waals surface area contributed by atoms with Gasteiger partial charge in [-0.15, -0.1) is 11.3 Å². The van der Waals surface area contributed by atoms with Gasteiger partial charge in [0, 0.05) is 18.7 Å². The molecule has 1 unspecified atom stereocenters. The zero-order valence-electron chi connectivity index (χ0n) is 16.2. The molecule has 0 spiro atoms. The summed E-state index contributed by atoms with van der Waals surface area (Å²) in [5.41, 5.74) is 3.02. The Morgan fingerprint density at radius 3 is 2.79 bits per heavy atom. The van der Waals surface area contributed by atoms with Crippen LogP contribution in [0.15, 0.2) is 30.3 Å². The Bertz CT molecular complexity index is 993. The van der Waals surface area contributed by atoms with E-state index in [4.69, 9.17) is 9.72 Å². The van der Waals surface area contributed by atoms with Gasteiger partial charge in [0.05, 0.1) is 29.4 Å². The quantitative estimate of drug-likeness (QED) is 0.696. The molecule has 0 saturated heterocycles. The Morgan fingerprint density at radius 2 is 2.11 bits per heavy atom. The molecular formula is C20H23N5O2S. The van der Waals surface area contributed by atoms with Crippen LogP contribution in [-0.2, 0) is 13.5 Å². The Kier molecular flexibility index (Phi) is 5.04. The number of hydrogen-bond acceptors (Lipinski definition) is 5. The molecule has 1 aliphatic rings. The van der Waals surface area contributed by atoms with Crippen molar-refractivity contribution in [3.63, 3.8) is 0 Å². The van der Waals surface area contributed by atoms with Crippen molar-refractivity contribution in [2.45, 2.75) is 32.2 Å². The number of rotatable bonds is 4. The number of urea groups is 1. The molecule has 2 aromatic heterocycles. The van der Waals surface area contributed by atoms with E-state index in [2.05, 4.69) is 15.7 Å². The minimum Gasteiger partial charge on any atom is -0.497 e. The molecule has 2 N–H and O–H groups in total. The fourth-order valence-corrected chi connectivity index (χ4v) is 4.66. The highest BCUT2D eigenvalue weighted by Gasteiger charge is 2.26. The van der Waals surface area contributed by atoms with Gasteiger partial charge in [-0.25, -0.2) is 9.78 Å². The summed E-state index contributed by atoms with van der Waals surface area (Å²) >= 11 is 1.65. The van der Waals surface area contributed by atoms with E-state index >= 15 is 0 Å². The van der Waals surface area contributed by atoms with Crippen LogP contribution >= 0.6 is 11.3 Å². The van der Waals surface area contributed by atoms with Crippen molar-refractivity contribution in [1.82, 2.24) is 20.1 Å². The Morgan fingerprint density at radius 1 is 1.32 bits per heavy atom. The first-order chi connectivity index (χ1) is 13.5. The maximum atomic E-state index is 12.5. The van der Waals surface area contributed by atoms with Crippen LogP contribution in [0.5, 0.6) is 5.75 Å². The molecule has 7 nitrogen and oxygen atoms in total. The molecule has 28 heavy (non-hydrogen) atoms. The lowest BCUT2D eigenvalue weighted by molar-refractivity contribution is 0.247. The van der Waals surface area contributed by atoms with Gasteiger partial charge in [-0.3, -0.25) is 10.00 Å². The molecule has 1 aromatic carbocycles. The molecule has 146 valence electrons. The first-order valence-electron chi connectivity index (χ1n) is 9.25. The van der Waals surface area contributed by atoms with Gasteiger partial charge in [0.15, 0.2) is 0 Å². The van der Waals surface area contributed by atoms with Crippen molar-refractivity contribution in [2.75, 3.05) is 12.4 Å². The summed E-state index contributed by atoms with van der Waals surface area (Å²) in [6, 6.07) is 9.51. The molecule has 2 heterocycles. The zero-order chi connectivity index (χ0) is 19.7. The van der Waals surface area contributed by atoms with E-state index < -0.39 is 0 Å². The molecule has 2 amide bonds. The number of carbonyl (C=O) groups is 1. The van der Waals surface area contributed by atoms with Gasteiger partial charge >= 0.3 is 6.03 Å². The second-order valence-corrected chi connectivity index (χ2v) is 7.93. The molecule has 1 aliphatic carbocycles. The topological polar surface area (TPSA) is 81.1 Å². The number of amides is 2. The van der Waals surface area contributed by atoms with Crippen molar-refractivity contribution in [3.05, 3.63) is 46.6 Å². The molecule has 0 saturated carbocycles. The Hall–Kier alpha value is -2.87. The number of methoxy groups -OCH3 is 1. The summed E-state index contributed by atoms with van der Waals surface area (Å²) in [5.74, 6) is 1.50. The number of benzene rings is 1. The van der Waals surface area contributed by atoms with Crippen molar-refractivity contribution in [1.29, 1.82) is 0 Å². The van der Waals surface area contributed by atoms with Crippen LogP contribution in [-0.4, -0.2) is 27.9 Å². The van der Waals surface area contributed by atoms with Crippen LogP contribution in [0.4, 0.5) is 10.6 Å². The van der Waals surface area contributed by atoms with E-state index in [0.29, 0.717) is 5.82 Å². The maximum Gasteiger partial charge on any atom is 0.320 e. The normalized spacial score (nSPS) is 15.8. The number of anilines is 1. The molecule has 0 fully saturated rings. The number of ether oxygens (including phenoxy) is 1. The summed E-state index contributed by atoms with van der Waals surface area (Å²) in [4.78, 5) is 18.5. The average molecular weight is 398 g/mol. The van der Waals surface area contributed by atoms with Crippen molar-refractivity contribution < 1.29 is 9.53 Å². The summed E-state index contributed by atoms with van der Waals surface area (Å²) in [7, 11) is 3.47. The van der Waals surface area contributed by atoms with E-state index in [-0.39, 0.29) is 12.1 Å². The van der Waals surface area contributed by atoms with Gasteiger partial charge in [-0.05, 0) is 50.5 Å². The third kappa shape index (κ3) is 3.73. The SMILES string of the molecule is COc1ccc(-c2nc3c(s2)C(NC(=O)Nc2cc(C)nn2C)CCC3)cc1. The number of aryl methyl sites for hydroxylation is 3. The van der Waals surface area contributed by atoms with Crippen molar-refractivity contribution in [2.24, 2.45) is 7.05 Å². The second-order valence-electron chi connectivity index (χ2n) is 6.90. The van der Waals surface area contributed by atoms with E-state index in [1.54, 1.807) is 23.1 Å². The van der Waals surface area contributed by atoms with Crippen LogP contribution in [0.3, 0.4) is 0 Å². The van der Waals surface area contributed by atoms with Gasteiger partial charge in [0.1, 0.15) is 16.6 Å². The molecule has 0 aliphatic heterocycles. The standard InChI is InChI=1S/C20H23N5O2S/c1-12-11-17(25(2)24-12)23-20(26)22-16-6-4-5-15-18(16)28-19(21-15)13-7-9-14(27-3)10-8-13/h7-11,16H,4-6H2,1-3H3,(H2,22,23,26). The molecule has 8 heteroatoms. The third-order valence-corrected chi connectivity index (χ3v) is 6.10. The predicted octanol–water partition coefficient (Wildman–Crippen LogP) is 4.06. The molecule has 0 bridgehead atoms. The third-order valence-electron chi connectivity index (χ3n) is 4.84. The van der Waals surface area contributed by atoms with Crippen LogP contribution in [0, 0.1) is 6.92 Å². The van der Waals surface area contributed by atoms with Crippen LogP contribution in [0.25, 0.3) is 10.6 Å². The highest BCUT2D eigenvalue weighted by atomic mass is 32.1.